The van der Waals surface area contributed by atoms with Crippen molar-refractivity contribution in [3.05, 3.63) is 24.3 Å². The van der Waals surface area contributed by atoms with Gasteiger partial charge in [-0.15, -0.1) is 0 Å². The van der Waals surface area contributed by atoms with Crippen molar-refractivity contribution in [2.45, 2.75) is 12.8 Å². The van der Waals surface area contributed by atoms with Crippen molar-refractivity contribution in [3.8, 4) is 11.5 Å². The first kappa shape index (κ1) is 10.8. The zero-order chi connectivity index (χ0) is 11.4. The second kappa shape index (κ2) is 4.88. The molecule has 1 amide bonds. The molecular formula is C12H15NO3. The van der Waals surface area contributed by atoms with Gasteiger partial charge in [0.25, 0.3) is 0 Å². The summed E-state index contributed by atoms with van der Waals surface area (Å²) in [5.41, 5.74) is 0. The Labute approximate surface area is 94.2 Å². The standard InChI is InChI=1S/C12H15NO3/c14-10-2-1-3-11(7-10)16-8-9-4-5-13-12(15)6-9/h1-3,7,9,14H,4-6,8H2,(H,13,15). The Morgan fingerprint density at radius 3 is 3.12 bits per heavy atom. The minimum absolute atomic E-state index is 0.0933. The average molecular weight is 221 g/mol. The number of ether oxygens (including phenoxy) is 1. The fourth-order valence-electron chi connectivity index (χ4n) is 1.78. The molecule has 2 N–H and O–H groups in total. The minimum Gasteiger partial charge on any atom is -0.508 e. The fourth-order valence-corrected chi connectivity index (χ4v) is 1.78. The molecule has 4 nitrogen and oxygen atoms in total. The molecule has 1 aromatic rings. The lowest BCUT2D eigenvalue weighted by atomic mass is 9.99. The van der Waals surface area contributed by atoms with Gasteiger partial charge in [-0.2, -0.15) is 0 Å². The van der Waals surface area contributed by atoms with E-state index < -0.39 is 0 Å². The normalized spacial score (nSPS) is 20.2. The van der Waals surface area contributed by atoms with Gasteiger partial charge in [-0.05, 0) is 18.6 Å². The first-order valence-corrected chi connectivity index (χ1v) is 5.42. The third-order valence-corrected chi connectivity index (χ3v) is 2.65. The molecule has 1 fully saturated rings. The Morgan fingerprint density at radius 1 is 1.50 bits per heavy atom. The van der Waals surface area contributed by atoms with Gasteiger partial charge in [0.05, 0.1) is 6.61 Å². The van der Waals surface area contributed by atoms with Crippen LogP contribution in [0.4, 0.5) is 0 Å². The van der Waals surface area contributed by atoms with Crippen molar-refractivity contribution in [2.24, 2.45) is 5.92 Å². The van der Waals surface area contributed by atoms with Crippen LogP contribution in [0.15, 0.2) is 24.3 Å². The van der Waals surface area contributed by atoms with Crippen LogP contribution in [0.25, 0.3) is 0 Å². The largest absolute Gasteiger partial charge is 0.508 e. The second-order valence-corrected chi connectivity index (χ2v) is 4.02. The third-order valence-electron chi connectivity index (χ3n) is 2.65. The van der Waals surface area contributed by atoms with E-state index in [1.54, 1.807) is 24.3 Å². The van der Waals surface area contributed by atoms with Crippen LogP contribution in [-0.2, 0) is 4.79 Å². The van der Waals surface area contributed by atoms with Crippen molar-refractivity contribution in [3.63, 3.8) is 0 Å². The smallest absolute Gasteiger partial charge is 0.220 e. The highest BCUT2D eigenvalue weighted by Crippen LogP contribution is 2.20. The minimum atomic E-state index is 0.0933. The Balaban J connectivity index is 1.85. The van der Waals surface area contributed by atoms with Gasteiger partial charge in [-0.3, -0.25) is 4.79 Å². The highest BCUT2D eigenvalue weighted by atomic mass is 16.5. The highest BCUT2D eigenvalue weighted by Gasteiger charge is 2.19. The highest BCUT2D eigenvalue weighted by molar-refractivity contribution is 5.76. The molecule has 4 heteroatoms. The molecule has 1 atom stereocenters. The van der Waals surface area contributed by atoms with Crippen molar-refractivity contribution >= 4 is 5.91 Å². The summed E-state index contributed by atoms with van der Waals surface area (Å²) < 4.78 is 5.53. The second-order valence-electron chi connectivity index (χ2n) is 4.02. The van der Waals surface area contributed by atoms with Crippen LogP contribution in [-0.4, -0.2) is 24.2 Å². The third kappa shape index (κ3) is 2.89. The summed E-state index contributed by atoms with van der Waals surface area (Å²) >= 11 is 0. The van der Waals surface area contributed by atoms with Gasteiger partial charge in [-0.1, -0.05) is 6.07 Å². The number of amides is 1. The summed E-state index contributed by atoms with van der Waals surface area (Å²) in [5, 5.41) is 12.0. The molecule has 0 aromatic heterocycles. The number of piperidine rings is 1. The summed E-state index contributed by atoms with van der Waals surface area (Å²) in [7, 11) is 0. The topological polar surface area (TPSA) is 58.6 Å². The number of nitrogens with one attached hydrogen (secondary N) is 1. The summed E-state index contributed by atoms with van der Waals surface area (Å²) in [6, 6.07) is 6.70. The van der Waals surface area contributed by atoms with E-state index in [1.165, 1.54) is 0 Å². The molecule has 16 heavy (non-hydrogen) atoms. The summed E-state index contributed by atoms with van der Waals surface area (Å²) in [6.07, 6.45) is 1.48. The summed E-state index contributed by atoms with van der Waals surface area (Å²) in [6.45, 7) is 1.25. The van der Waals surface area contributed by atoms with Gasteiger partial charge in [0.1, 0.15) is 11.5 Å². The molecule has 86 valence electrons. The Hall–Kier alpha value is -1.71. The Bertz CT molecular complexity index is 378. The number of rotatable bonds is 3. The number of phenolic OH excluding ortho intramolecular Hbond substituents is 1. The van der Waals surface area contributed by atoms with E-state index in [-0.39, 0.29) is 17.6 Å². The zero-order valence-corrected chi connectivity index (χ0v) is 8.98. The van der Waals surface area contributed by atoms with Crippen molar-refractivity contribution in [1.29, 1.82) is 0 Å². The molecule has 1 aromatic carbocycles. The molecule has 0 bridgehead atoms. The molecule has 1 aliphatic rings. The number of hydrogen-bond donors (Lipinski definition) is 2. The predicted molar refractivity (Wildman–Crippen MR) is 59.3 cm³/mol. The number of carbonyl (C=O) groups is 1. The first-order valence-electron chi connectivity index (χ1n) is 5.42. The van der Waals surface area contributed by atoms with Crippen molar-refractivity contribution in [1.82, 2.24) is 5.32 Å². The van der Waals surface area contributed by atoms with Crippen LogP contribution in [0.5, 0.6) is 11.5 Å². The number of hydrogen-bond acceptors (Lipinski definition) is 3. The van der Waals surface area contributed by atoms with E-state index in [0.717, 1.165) is 13.0 Å². The lowest BCUT2D eigenvalue weighted by Gasteiger charge is -2.22. The van der Waals surface area contributed by atoms with E-state index in [2.05, 4.69) is 5.32 Å². The number of phenols is 1. The molecule has 0 saturated carbocycles. The van der Waals surface area contributed by atoms with Crippen molar-refractivity contribution in [2.75, 3.05) is 13.2 Å². The summed E-state index contributed by atoms with van der Waals surface area (Å²) in [4.78, 5) is 11.1. The maximum atomic E-state index is 11.1. The molecule has 0 aliphatic carbocycles. The molecule has 1 aliphatic heterocycles. The van der Waals surface area contributed by atoms with E-state index in [9.17, 15) is 9.90 Å². The van der Waals surface area contributed by atoms with Gasteiger partial charge < -0.3 is 15.2 Å². The maximum absolute atomic E-state index is 11.1. The SMILES string of the molecule is O=C1CC(COc2cccc(O)c2)CCN1. The van der Waals surface area contributed by atoms with Crippen LogP contribution in [0.2, 0.25) is 0 Å². The molecule has 0 spiro atoms. The van der Waals surface area contributed by atoms with Gasteiger partial charge in [0.2, 0.25) is 5.91 Å². The molecular weight excluding hydrogens is 206 g/mol. The number of carbonyl (C=O) groups excluding carboxylic acids is 1. The van der Waals surface area contributed by atoms with E-state index >= 15 is 0 Å². The Kier molecular flexibility index (Phi) is 3.29. The van der Waals surface area contributed by atoms with E-state index in [4.69, 9.17) is 4.74 Å². The molecule has 1 saturated heterocycles. The zero-order valence-electron chi connectivity index (χ0n) is 8.98. The molecule has 1 unspecified atom stereocenters. The number of benzene rings is 1. The van der Waals surface area contributed by atoms with Crippen molar-refractivity contribution < 1.29 is 14.6 Å². The predicted octanol–water partition coefficient (Wildman–Crippen LogP) is 1.30. The van der Waals surface area contributed by atoms with Gasteiger partial charge in [-0.25, -0.2) is 0 Å². The van der Waals surface area contributed by atoms with Crippen LogP contribution in [0.1, 0.15) is 12.8 Å². The monoisotopic (exact) mass is 221 g/mol. The fraction of sp³-hybridized carbons (Fsp3) is 0.417. The lowest BCUT2D eigenvalue weighted by molar-refractivity contribution is -0.123. The first-order chi connectivity index (χ1) is 7.74. The molecule has 1 heterocycles. The number of aromatic hydroxyl groups is 1. The van der Waals surface area contributed by atoms with E-state index in [1.807, 2.05) is 0 Å². The maximum Gasteiger partial charge on any atom is 0.220 e. The van der Waals surface area contributed by atoms with Gasteiger partial charge >= 0.3 is 0 Å². The average Bonchev–Trinajstić information content (AvgIpc) is 2.27. The molecule has 2 rings (SSSR count). The van der Waals surface area contributed by atoms with Crippen LogP contribution >= 0.6 is 0 Å². The Morgan fingerprint density at radius 2 is 2.38 bits per heavy atom. The van der Waals surface area contributed by atoms with Crippen LogP contribution in [0.3, 0.4) is 0 Å². The van der Waals surface area contributed by atoms with Crippen LogP contribution in [0, 0.1) is 5.92 Å². The van der Waals surface area contributed by atoms with Crippen LogP contribution < -0.4 is 10.1 Å². The molecule has 0 radical (unpaired) electrons. The quantitative estimate of drug-likeness (QED) is 0.808. The van der Waals surface area contributed by atoms with Gasteiger partial charge in [0.15, 0.2) is 0 Å². The van der Waals surface area contributed by atoms with E-state index in [0.29, 0.717) is 18.8 Å². The summed E-state index contributed by atoms with van der Waals surface area (Å²) in [5.74, 6) is 1.21. The lowest BCUT2D eigenvalue weighted by Crippen LogP contribution is -2.35. The van der Waals surface area contributed by atoms with Gasteiger partial charge in [0, 0.05) is 24.9 Å².